The van der Waals surface area contributed by atoms with Gasteiger partial charge in [-0.3, -0.25) is 0 Å². The van der Waals surface area contributed by atoms with E-state index in [4.69, 9.17) is 15.7 Å². The summed E-state index contributed by atoms with van der Waals surface area (Å²) in [5.74, 6) is 0.992. The molecule has 1 aliphatic heterocycles. The first-order valence-electron chi connectivity index (χ1n) is 5.96. The van der Waals surface area contributed by atoms with Crippen molar-refractivity contribution in [1.29, 1.82) is 0 Å². The molecule has 18 heavy (non-hydrogen) atoms. The van der Waals surface area contributed by atoms with Crippen LogP contribution in [0.4, 0.5) is 5.82 Å². The topological polar surface area (TPSA) is 84.0 Å². The number of methoxy groups -OCH3 is 1. The summed E-state index contributed by atoms with van der Waals surface area (Å²) in [7, 11) is 1.75. The van der Waals surface area contributed by atoms with Gasteiger partial charge in [-0.2, -0.15) is 0 Å². The van der Waals surface area contributed by atoms with Gasteiger partial charge in [-0.25, -0.2) is 4.98 Å². The van der Waals surface area contributed by atoms with E-state index >= 15 is 0 Å². The molecule has 6 heteroatoms. The molecule has 0 aliphatic carbocycles. The Morgan fingerprint density at radius 1 is 1.50 bits per heavy atom. The largest absolute Gasteiger partial charge is 0.409 e. The van der Waals surface area contributed by atoms with Crippen molar-refractivity contribution in [2.75, 3.05) is 25.1 Å². The molecule has 1 saturated heterocycles. The summed E-state index contributed by atoms with van der Waals surface area (Å²) in [6.07, 6.45) is 4.00. The highest BCUT2D eigenvalue weighted by Gasteiger charge is 2.19. The Labute approximate surface area is 106 Å². The quantitative estimate of drug-likeness (QED) is 0.358. The summed E-state index contributed by atoms with van der Waals surface area (Å²) in [6, 6.07) is 3.69. The minimum absolute atomic E-state index is 0.0761. The Hall–Kier alpha value is -1.82. The Morgan fingerprint density at radius 3 is 2.72 bits per heavy atom. The second kappa shape index (κ2) is 5.68. The number of ether oxygens (including phenoxy) is 1. The van der Waals surface area contributed by atoms with Gasteiger partial charge in [0.15, 0.2) is 5.84 Å². The van der Waals surface area contributed by atoms with Gasteiger partial charge < -0.3 is 20.6 Å². The molecule has 0 spiro atoms. The molecule has 0 radical (unpaired) electrons. The van der Waals surface area contributed by atoms with Gasteiger partial charge in [-0.1, -0.05) is 5.16 Å². The number of pyridine rings is 1. The first-order valence-corrected chi connectivity index (χ1v) is 5.96. The van der Waals surface area contributed by atoms with E-state index in [2.05, 4.69) is 15.0 Å². The van der Waals surface area contributed by atoms with Crippen LogP contribution in [0.2, 0.25) is 0 Å². The zero-order valence-corrected chi connectivity index (χ0v) is 10.4. The van der Waals surface area contributed by atoms with Gasteiger partial charge in [0, 0.05) is 32.0 Å². The highest BCUT2D eigenvalue weighted by atomic mass is 16.5. The number of rotatable bonds is 3. The molecule has 1 fully saturated rings. The molecule has 3 N–H and O–H groups in total. The van der Waals surface area contributed by atoms with E-state index in [0.29, 0.717) is 11.7 Å². The van der Waals surface area contributed by atoms with Gasteiger partial charge in [-0.05, 0) is 25.0 Å². The first-order chi connectivity index (χ1) is 8.74. The van der Waals surface area contributed by atoms with Crippen LogP contribution in [0, 0.1) is 0 Å². The first kappa shape index (κ1) is 12.6. The SMILES string of the molecule is COC1CCN(c2ccc(/C(N)=N/O)cn2)CC1. The Bertz CT molecular complexity index is 411. The van der Waals surface area contributed by atoms with Crippen molar-refractivity contribution < 1.29 is 9.94 Å². The van der Waals surface area contributed by atoms with Crippen LogP contribution >= 0.6 is 0 Å². The van der Waals surface area contributed by atoms with E-state index in [0.717, 1.165) is 31.7 Å². The van der Waals surface area contributed by atoms with Crippen molar-refractivity contribution in [1.82, 2.24) is 4.98 Å². The molecule has 98 valence electrons. The molecular formula is C12H18N4O2. The smallest absolute Gasteiger partial charge is 0.171 e. The number of nitrogens with two attached hydrogens (primary N) is 1. The number of piperidine rings is 1. The van der Waals surface area contributed by atoms with Crippen molar-refractivity contribution in [2.45, 2.75) is 18.9 Å². The molecule has 0 bridgehead atoms. The zero-order chi connectivity index (χ0) is 13.0. The van der Waals surface area contributed by atoms with Gasteiger partial charge in [0.25, 0.3) is 0 Å². The minimum Gasteiger partial charge on any atom is -0.409 e. The number of hydrogen-bond donors (Lipinski definition) is 2. The number of hydrogen-bond acceptors (Lipinski definition) is 5. The average molecular weight is 250 g/mol. The summed E-state index contributed by atoms with van der Waals surface area (Å²) in [6.45, 7) is 1.88. The predicted molar refractivity (Wildman–Crippen MR) is 69.0 cm³/mol. The summed E-state index contributed by atoms with van der Waals surface area (Å²) in [5, 5.41) is 11.5. The van der Waals surface area contributed by atoms with Crippen LogP contribution in [0.1, 0.15) is 18.4 Å². The van der Waals surface area contributed by atoms with Crippen molar-refractivity contribution in [3.8, 4) is 0 Å². The van der Waals surface area contributed by atoms with Crippen LogP contribution in [0.5, 0.6) is 0 Å². The van der Waals surface area contributed by atoms with Crippen LogP contribution in [0.15, 0.2) is 23.5 Å². The summed E-state index contributed by atoms with van der Waals surface area (Å²) >= 11 is 0. The van der Waals surface area contributed by atoms with E-state index in [9.17, 15) is 0 Å². The van der Waals surface area contributed by atoms with Crippen LogP contribution in [0.3, 0.4) is 0 Å². The fourth-order valence-electron chi connectivity index (χ4n) is 2.10. The van der Waals surface area contributed by atoms with E-state index in [1.54, 1.807) is 19.4 Å². The van der Waals surface area contributed by atoms with Gasteiger partial charge in [0.05, 0.1) is 6.10 Å². The molecule has 1 aromatic rings. The monoisotopic (exact) mass is 250 g/mol. The highest BCUT2D eigenvalue weighted by Crippen LogP contribution is 2.19. The molecule has 0 unspecified atom stereocenters. The van der Waals surface area contributed by atoms with Gasteiger partial charge in [-0.15, -0.1) is 0 Å². The summed E-state index contributed by atoms with van der Waals surface area (Å²) in [5.41, 5.74) is 6.11. The third kappa shape index (κ3) is 2.70. The second-order valence-electron chi connectivity index (χ2n) is 4.31. The van der Waals surface area contributed by atoms with Crippen molar-refractivity contribution in [2.24, 2.45) is 10.9 Å². The third-order valence-corrected chi connectivity index (χ3v) is 3.25. The third-order valence-electron chi connectivity index (χ3n) is 3.25. The molecule has 0 aromatic carbocycles. The number of amidine groups is 1. The van der Waals surface area contributed by atoms with E-state index < -0.39 is 0 Å². The van der Waals surface area contributed by atoms with Gasteiger partial charge >= 0.3 is 0 Å². The molecule has 6 nitrogen and oxygen atoms in total. The molecule has 1 aromatic heterocycles. The maximum Gasteiger partial charge on any atom is 0.171 e. The normalized spacial score (nSPS) is 18.1. The molecule has 0 saturated carbocycles. The molecule has 0 atom stereocenters. The van der Waals surface area contributed by atoms with E-state index in [1.165, 1.54) is 0 Å². The average Bonchev–Trinajstić information content (AvgIpc) is 2.47. The molecule has 1 aliphatic rings. The summed E-state index contributed by atoms with van der Waals surface area (Å²) in [4.78, 5) is 6.55. The zero-order valence-electron chi connectivity index (χ0n) is 10.4. The van der Waals surface area contributed by atoms with Gasteiger partial charge in [0.1, 0.15) is 5.82 Å². The van der Waals surface area contributed by atoms with Crippen molar-refractivity contribution in [3.63, 3.8) is 0 Å². The lowest BCUT2D eigenvalue weighted by Gasteiger charge is -2.32. The molecule has 2 heterocycles. The Kier molecular flexibility index (Phi) is 3.99. The lowest BCUT2D eigenvalue weighted by Crippen LogP contribution is -2.37. The van der Waals surface area contributed by atoms with Crippen molar-refractivity contribution >= 4 is 11.7 Å². The predicted octanol–water partition coefficient (Wildman–Crippen LogP) is 0.791. The molecule has 2 rings (SSSR count). The lowest BCUT2D eigenvalue weighted by molar-refractivity contribution is 0.0818. The van der Waals surface area contributed by atoms with Crippen LogP contribution in [-0.2, 0) is 4.74 Å². The summed E-state index contributed by atoms with van der Waals surface area (Å²) < 4.78 is 5.33. The number of nitrogens with zero attached hydrogens (tertiary/aromatic N) is 3. The highest BCUT2D eigenvalue weighted by molar-refractivity contribution is 5.96. The fourth-order valence-corrected chi connectivity index (χ4v) is 2.10. The number of oxime groups is 1. The van der Waals surface area contributed by atoms with E-state index in [-0.39, 0.29) is 5.84 Å². The Balaban J connectivity index is 2.02. The number of aromatic nitrogens is 1. The fraction of sp³-hybridized carbons (Fsp3) is 0.500. The molecule has 0 amide bonds. The Morgan fingerprint density at radius 2 is 2.22 bits per heavy atom. The maximum atomic E-state index is 8.57. The lowest BCUT2D eigenvalue weighted by atomic mass is 10.1. The van der Waals surface area contributed by atoms with E-state index in [1.807, 2.05) is 6.07 Å². The van der Waals surface area contributed by atoms with Crippen LogP contribution in [-0.4, -0.2) is 42.3 Å². The van der Waals surface area contributed by atoms with Crippen molar-refractivity contribution in [3.05, 3.63) is 23.9 Å². The van der Waals surface area contributed by atoms with Gasteiger partial charge in [0.2, 0.25) is 0 Å². The maximum absolute atomic E-state index is 8.57. The number of anilines is 1. The standard InChI is InChI=1S/C12H18N4O2/c1-18-10-4-6-16(7-5-10)11-3-2-9(8-14-11)12(13)15-17/h2-3,8,10,17H,4-7H2,1H3,(H2,13,15). The molecular weight excluding hydrogens is 232 g/mol. The minimum atomic E-state index is 0.0761. The van der Waals surface area contributed by atoms with Crippen LogP contribution in [0.25, 0.3) is 0 Å². The van der Waals surface area contributed by atoms with Crippen LogP contribution < -0.4 is 10.6 Å². The second-order valence-corrected chi connectivity index (χ2v) is 4.31.